The molecular weight excluding hydrogens is 152 g/mol. The van der Waals surface area contributed by atoms with E-state index in [-0.39, 0.29) is 5.91 Å². The molecule has 1 aliphatic heterocycles. The number of piperidine rings is 1. The molecule has 1 amide bonds. The third kappa shape index (κ3) is 2.21. The number of carbonyl (C=O) groups excluding carboxylic acids is 1. The van der Waals surface area contributed by atoms with Gasteiger partial charge in [0.05, 0.1) is 0 Å². The molecule has 1 fully saturated rings. The second-order valence-electron chi connectivity index (χ2n) is 3.54. The Morgan fingerprint density at radius 1 is 1.50 bits per heavy atom. The molecule has 0 bridgehead atoms. The van der Waals surface area contributed by atoms with Gasteiger partial charge in [0.25, 0.3) is 0 Å². The van der Waals surface area contributed by atoms with Gasteiger partial charge in [-0.2, -0.15) is 0 Å². The molecule has 0 saturated carbocycles. The Bertz CT molecular complexity index is 162. The van der Waals surface area contributed by atoms with Crippen molar-refractivity contribution in [1.29, 1.82) is 0 Å². The molecule has 69 valence electrons. The minimum absolute atomic E-state index is 0.0652. The van der Waals surface area contributed by atoms with E-state index in [2.05, 4.69) is 18.9 Å². The highest BCUT2D eigenvalue weighted by molar-refractivity contribution is 5.80. The third-order valence-electron chi connectivity index (χ3n) is 2.63. The van der Waals surface area contributed by atoms with E-state index in [1.807, 2.05) is 7.05 Å². The Morgan fingerprint density at radius 3 is 2.42 bits per heavy atom. The van der Waals surface area contributed by atoms with Gasteiger partial charge in [-0.3, -0.25) is 4.79 Å². The van der Waals surface area contributed by atoms with Gasteiger partial charge in [0.15, 0.2) is 0 Å². The van der Waals surface area contributed by atoms with Crippen molar-refractivity contribution >= 4 is 5.91 Å². The molecule has 3 heteroatoms. The number of carbonyl (C=O) groups is 1. The molecule has 0 spiro atoms. The summed E-state index contributed by atoms with van der Waals surface area (Å²) in [5.41, 5.74) is 0. The first kappa shape index (κ1) is 9.52. The fourth-order valence-electron chi connectivity index (χ4n) is 1.59. The van der Waals surface area contributed by atoms with Crippen molar-refractivity contribution in [2.75, 3.05) is 27.2 Å². The van der Waals surface area contributed by atoms with Crippen LogP contribution in [0.4, 0.5) is 0 Å². The summed E-state index contributed by atoms with van der Waals surface area (Å²) < 4.78 is 0. The van der Waals surface area contributed by atoms with Crippen molar-refractivity contribution in [1.82, 2.24) is 9.80 Å². The van der Waals surface area contributed by atoms with Crippen molar-refractivity contribution in [3.63, 3.8) is 0 Å². The fraction of sp³-hybridized carbons (Fsp3) is 0.778. The molecule has 1 aliphatic rings. The summed E-state index contributed by atoms with van der Waals surface area (Å²) in [5, 5.41) is 0. The molecule has 12 heavy (non-hydrogen) atoms. The van der Waals surface area contributed by atoms with Crippen molar-refractivity contribution in [3.05, 3.63) is 6.92 Å². The Kier molecular flexibility index (Phi) is 3.09. The molecule has 0 aliphatic carbocycles. The molecule has 3 nitrogen and oxygen atoms in total. The van der Waals surface area contributed by atoms with E-state index in [0.717, 1.165) is 25.9 Å². The molecule has 0 atom stereocenters. The summed E-state index contributed by atoms with van der Waals surface area (Å²) in [4.78, 5) is 15.0. The normalized spacial score (nSPS) is 20.9. The van der Waals surface area contributed by atoms with Crippen molar-refractivity contribution in [2.45, 2.75) is 18.9 Å². The lowest BCUT2D eigenvalue weighted by Gasteiger charge is -2.34. The van der Waals surface area contributed by atoms with Crippen LogP contribution in [0, 0.1) is 6.92 Å². The minimum atomic E-state index is -0.0652. The van der Waals surface area contributed by atoms with E-state index in [4.69, 9.17) is 0 Å². The Labute approximate surface area is 74.3 Å². The summed E-state index contributed by atoms with van der Waals surface area (Å²) in [7, 11) is 3.95. The van der Waals surface area contributed by atoms with Crippen LogP contribution in [0.2, 0.25) is 0 Å². The topological polar surface area (TPSA) is 23.6 Å². The lowest BCUT2D eigenvalue weighted by molar-refractivity contribution is -0.127. The average Bonchev–Trinajstić information content (AvgIpc) is 2.04. The van der Waals surface area contributed by atoms with Crippen molar-refractivity contribution in [2.24, 2.45) is 0 Å². The smallest absolute Gasteiger partial charge is 0.223 e. The molecule has 1 heterocycles. The standard InChI is InChI=1S/C9H17N2O/c1-8(12)11(3)9-4-6-10(2)7-5-9/h9H,1,4-7H2,2-3H3. The zero-order valence-corrected chi connectivity index (χ0v) is 7.92. The van der Waals surface area contributed by atoms with Gasteiger partial charge in [0.1, 0.15) is 0 Å². The predicted octanol–water partition coefficient (Wildman–Crippen LogP) is 0.373. The van der Waals surface area contributed by atoms with Crippen LogP contribution in [0.25, 0.3) is 0 Å². The molecule has 1 radical (unpaired) electrons. The molecule has 0 aromatic heterocycles. The third-order valence-corrected chi connectivity index (χ3v) is 2.63. The molecule has 1 rings (SSSR count). The zero-order chi connectivity index (χ0) is 9.14. The summed E-state index contributed by atoms with van der Waals surface area (Å²) in [6, 6.07) is 0.409. The number of hydrogen-bond acceptors (Lipinski definition) is 2. The second-order valence-corrected chi connectivity index (χ2v) is 3.54. The number of nitrogens with zero attached hydrogens (tertiary/aromatic N) is 2. The van der Waals surface area contributed by atoms with Crippen molar-refractivity contribution in [3.8, 4) is 0 Å². The van der Waals surface area contributed by atoms with Crippen LogP contribution in [-0.4, -0.2) is 48.9 Å². The minimum Gasteiger partial charge on any atom is -0.343 e. The zero-order valence-electron chi connectivity index (χ0n) is 7.92. The Hall–Kier alpha value is -0.570. The van der Waals surface area contributed by atoms with E-state index >= 15 is 0 Å². The van der Waals surface area contributed by atoms with E-state index < -0.39 is 0 Å². The molecule has 1 saturated heterocycles. The van der Waals surface area contributed by atoms with Crippen molar-refractivity contribution < 1.29 is 4.79 Å². The van der Waals surface area contributed by atoms with E-state index in [1.165, 1.54) is 0 Å². The Morgan fingerprint density at radius 2 is 2.00 bits per heavy atom. The van der Waals surface area contributed by atoms with Gasteiger partial charge >= 0.3 is 0 Å². The fourth-order valence-corrected chi connectivity index (χ4v) is 1.59. The van der Waals surface area contributed by atoms with Gasteiger partial charge in [-0.25, -0.2) is 0 Å². The van der Waals surface area contributed by atoms with Crippen LogP contribution >= 0.6 is 0 Å². The van der Waals surface area contributed by atoms with Crippen LogP contribution in [-0.2, 0) is 4.79 Å². The van der Waals surface area contributed by atoms with Gasteiger partial charge in [-0.05, 0) is 33.0 Å². The summed E-state index contributed by atoms with van der Waals surface area (Å²) in [6.45, 7) is 5.58. The molecule has 0 aromatic carbocycles. The first-order chi connectivity index (χ1) is 5.61. The highest BCUT2D eigenvalue weighted by Crippen LogP contribution is 2.13. The highest BCUT2D eigenvalue weighted by Gasteiger charge is 2.21. The largest absolute Gasteiger partial charge is 0.343 e. The molecular formula is C9H17N2O. The van der Waals surface area contributed by atoms with Crippen LogP contribution in [0.15, 0.2) is 0 Å². The number of rotatable bonds is 1. The molecule has 0 aromatic rings. The second kappa shape index (κ2) is 3.90. The van der Waals surface area contributed by atoms with Crippen LogP contribution in [0.3, 0.4) is 0 Å². The first-order valence-electron chi connectivity index (χ1n) is 4.38. The monoisotopic (exact) mass is 169 g/mol. The van der Waals surface area contributed by atoms with E-state index in [0.29, 0.717) is 6.04 Å². The number of hydrogen-bond donors (Lipinski definition) is 0. The molecule has 0 N–H and O–H groups in total. The van der Waals surface area contributed by atoms with Gasteiger partial charge in [-0.1, -0.05) is 0 Å². The molecule has 0 unspecified atom stereocenters. The number of amides is 1. The first-order valence-corrected chi connectivity index (χ1v) is 4.38. The Balaban J connectivity index is 2.39. The highest BCUT2D eigenvalue weighted by atomic mass is 16.2. The predicted molar refractivity (Wildman–Crippen MR) is 48.6 cm³/mol. The van der Waals surface area contributed by atoms with Crippen LogP contribution in [0.1, 0.15) is 12.8 Å². The maximum Gasteiger partial charge on any atom is 0.223 e. The van der Waals surface area contributed by atoms with E-state index in [1.54, 1.807) is 4.90 Å². The van der Waals surface area contributed by atoms with Crippen LogP contribution < -0.4 is 0 Å². The van der Waals surface area contributed by atoms with Crippen LogP contribution in [0.5, 0.6) is 0 Å². The lowest BCUT2D eigenvalue weighted by atomic mass is 10.0. The van der Waals surface area contributed by atoms with Gasteiger partial charge < -0.3 is 9.80 Å². The maximum atomic E-state index is 10.9. The summed E-state index contributed by atoms with van der Waals surface area (Å²) in [5.74, 6) is -0.0652. The van der Waals surface area contributed by atoms with Gasteiger partial charge in [0, 0.05) is 20.0 Å². The lowest BCUT2D eigenvalue weighted by Crippen LogP contribution is -2.43. The summed E-state index contributed by atoms with van der Waals surface area (Å²) >= 11 is 0. The number of likely N-dealkylation sites (tertiary alicyclic amines) is 1. The quantitative estimate of drug-likeness (QED) is 0.566. The van der Waals surface area contributed by atoms with Gasteiger partial charge in [0.2, 0.25) is 5.91 Å². The summed E-state index contributed by atoms with van der Waals surface area (Å²) in [6.07, 6.45) is 2.16. The average molecular weight is 169 g/mol. The van der Waals surface area contributed by atoms with E-state index in [9.17, 15) is 4.79 Å². The SMILES string of the molecule is [CH2]C(=O)N(C)C1CCN(C)CC1. The van der Waals surface area contributed by atoms with Gasteiger partial charge in [-0.15, -0.1) is 0 Å². The maximum absolute atomic E-state index is 10.9.